The Labute approximate surface area is 162 Å². The Morgan fingerprint density at radius 1 is 1.00 bits per heavy atom. The topological polar surface area (TPSA) is 59.6 Å². The lowest BCUT2D eigenvalue weighted by atomic mass is 9.49. The van der Waals surface area contributed by atoms with E-state index in [1.54, 1.807) is 14.2 Å². The zero-order valence-electron chi connectivity index (χ0n) is 16.6. The Bertz CT molecular complexity index is 653. The molecule has 0 spiro atoms. The van der Waals surface area contributed by atoms with Gasteiger partial charge < -0.3 is 20.1 Å². The highest BCUT2D eigenvalue weighted by Crippen LogP contribution is 2.59. The first-order chi connectivity index (χ1) is 13.1. The lowest BCUT2D eigenvalue weighted by molar-refractivity contribution is -0.0498. The van der Waals surface area contributed by atoms with Gasteiger partial charge in [-0.1, -0.05) is 6.07 Å². The third-order valence-corrected chi connectivity index (χ3v) is 6.94. The summed E-state index contributed by atoms with van der Waals surface area (Å²) in [7, 11) is 3.27. The summed E-state index contributed by atoms with van der Waals surface area (Å²) in [5.74, 6) is 4.22. The molecule has 0 aliphatic heterocycles. The maximum absolute atomic E-state index is 12.3. The Hall–Kier alpha value is -1.91. The highest BCUT2D eigenvalue weighted by atomic mass is 16.5. The number of methoxy groups -OCH3 is 2. The molecular weight excluding hydrogens is 340 g/mol. The molecule has 0 atom stereocenters. The van der Waals surface area contributed by atoms with E-state index in [0.717, 1.165) is 47.8 Å². The van der Waals surface area contributed by atoms with Crippen molar-refractivity contribution in [2.75, 3.05) is 27.3 Å². The molecule has 148 valence electrons. The quantitative estimate of drug-likeness (QED) is 0.766. The number of hydrogen-bond acceptors (Lipinski definition) is 3. The van der Waals surface area contributed by atoms with Crippen molar-refractivity contribution in [3.05, 3.63) is 23.8 Å². The first-order valence-corrected chi connectivity index (χ1v) is 10.3. The number of hydrogen-bond donors (Lipinski definition) is 2. The summed E-state index contributed by atoms with van der Waals surface area (Å²) in [6.45, 7) is 1.46. The molecule has 4 fully saturated rings. The first kappa shape index (κ1) is 18.5. The second-order valence-electron chi connectivity index (χ2n) is 8.97. The van der Waals surface area contributed by atoms with Crippen molar-refractivity contribution >= 4 is 6.03 Å². The third kappa shape index (κ3) is 4.02. The van der Waals surface area contributed by atoms with E-state index < -0.39 is 0 Å². The summed E-state index contributed by atoms with van der Waals surface area (Å²) in [6, 6.07) is 5.84. The predicted molar refractivity (Wildman–Crippen MR) is 105 cm³/mol. The van der Waals surface area contributed by atoms with Crippen LogP contribution in [0.1, 0.15) is 44.1 Å². The van der Waals surface area contributed by atoms with Crippen LogP contribution in [0.15, 0.2) is 18.2 Å². The number of urea groups is 1. The minimum Gasteiger partial charge on any atom is -0.493 e. The Kier molecular flexibility index (Phi) is 5.20. The van der Waals surface area contributed by atoms with Crippen LogP contribution in [0.25, 0.3) is 0 Å². The molecule has 1 aromatic carbocycles. The largest absolute Gasteiger partial charge is 0.493 e. The summed E-state index contributed by atoms with van der Waals surface area (Å²) >= 11 is 0. The molecule has 4 aliphatic rings. The summed E-state index contributed by atoms with van der Waals surface area (Å²) in [4.78, 5) is 12.3. The second kappa shape index (κ2) is 7.61. The molecule has 2 amide bonds. The van der Waals surface area contributed by atoms with Gasteiger partial charge in [-0.25, -0.2) is 4.79 Å². The molecule has 5 nitrogen and oxygen atoms in total. The van der Waals surface area contributed by atoms with Crippen molar-refractivity contribution in [1.82, 2.24) is 10.6 Å². The summed E-state index contributed by atoms with van der Waals surface area (Å²) in [5, 5.41) is 6.18. The predicted octanol–water partition coefficient (Wildman–Crippen LogP) is 3.76. The Balaban J connectivity index is 1.22. The van der Waals surface area contributed by atoms with Crippen molar-refractivity contribution < 1.29 is 14.3 Å². The van der Waals surface area contributed by atoms with Crippen LogP contribution in [0.5, 0.6) is 11.5 Å². The van der Waals surface area contributed by atoms with Crippen molar-refractivity contribution in [3.63, 3.8) is 0 Å². The lowest BCUT2D eigenvalue weighted by Crippen LogP contribution is -2.52. The standard InChI is InChI=1S/C22H32N2O3/c1-26-19-4-3-15(10-20(19)27-2)5-6-23-21(25)24-14-22-11-16-7-17(12-22)9-18(8-16)13-22/h3-4,10,16-18H,5-9,11-14H2,1-2H3,(H2,23,24,25). The molecule has 0 radical (unpaired) electrons. The van der Waals surface area contributed by atoms with Crippen LogP contribution < -0.4 is 20.1 Å². The van der Waals surface area contributed by atoms with Gasteiger partial charge in [0, 0.05) is 13.1 Å². The van der Waals surface area contributed by atoms with Gasteiger partial charge in [0.15, 0.2) is 11.5 Å². The highest BCUT2D eigenvalue weighted by molar-refractivity contribution is 5.73. The van der Waals surface area contributed by atoms with E-state index in [1.165, 1.54) is 38.5 Å². The normalized spacial score (nSPS) is 30.8. The average molecular weight is 373 g/mol. The van der Waals surface area contributed by atoms with E-state index in [2.05, 4.69) is 10.6 Å². The highest BCUT2D eigenvalue weighted by Gasteiger charge is 2.50. The van der Waals surface area contributed by atoms with E-state index in [9.17, 15) is 4.79 Å². The van der Waals surface area contributed by atoms with E-state index in [-0.39, 0.29) is 6.03 Å². The minimum absolute atomic E-state index is 0.0359. The van der Waals surface area contributed by atoms with E-state index >= 15 is 0 Å². The molecule has 0 heterocycles. The fourth-order valence-corrected chi connectivity index (χ4v) is 6.19. The third-order valence-electron chi connectivity index (χ3n) is 6.94. The van der Waals surface area contributed by atoms with Crippen LogP contribution in [-0.2, 0) is 6.42 Å². The van der Waals surface area contributed by atoms with E-state index in [4.69, 9.17) is 9.47 Å². The molecule has 4 bridgehead atoms. The van der Waals surface area contributed by atoms with Gasteiger partial charge in [-0.2, -0.15) is 0 Å². The van der Waals surface area contributed by atoms with Crippen molar-refractivity contribution in [2.24, 2.45) is 23.2 Å². The fourth-order valence-electron chi connectivity index (χ4n) is 6.19. The SMILES string of the molecule is COc1ccc(CCNC(=O)NCC23CC4CC(CC(C4)C2)C3)cc1OC. The summed E-state index contributed by atoms with van der Waals surface area (Å²) in [6.07, 6.45) is 9.07. The van der Waals surface area contributed by atoms with Crippen LogP contribution >= 0.6 is 0 Å². The molecule has 0 saturated heterocycles. The van der Waals surface area contributed by atoms with Gasteiger partial charge in [-0.15, -0.1) is 0 Å². The van der Waals surface area contributed by atoms with Gasteiger partial charge in [-0.3, -0.25) is 0 Å². The number of benzene rings is 1. The molecule has 0 unspecified atom stereocenters. The van der Waals surface area contributed by atoms with Crippen LogP contribution in [-0.4, -0.2) is 33.3 Å². The summed E-state index contributed by atoms with van der Waals surface area (Å²) < 4.78 is 10.6. The summed E-state index contributed by atoms with van der Waals surface area (Å²) in [5.41, 5.74) is 1.50. The van der Waals surface area contributed by atoms with Crippen molar-refractivity contribution in [1.29, 1.82) is 0 Å². The Morgan fingerprint density at radius 2 is 1.63 bits per heavy atom. The first-order valence-electron chi connectivity index (χ1n) is 10.3. The van der Waals surface area contributed by atoms with Gasteiger partial charge in [0.2, 0.25) is 0 Å². The number of ether oxygens (including phenoxy) is 2. The van der Waals surface area contributed by atoms with Crippen molar-refractivity contribution in [3.8, 4) is 11.5 Å². The van der Waals surface area contributed by atoms with Crippen LogP contribution in [0.2, 0.25) is 0 Å². The fraction of sp³-hybridized carbons (Fsp3) is 0.682. The van der Waals surface area contributed by atoms with Gasteiger partial charge in [-0.05, 0) is 85.8 Å². The van der Waals surface area contributed by atoms with E-state index in [0.29, 0.717) is 12.0 Å². The molecule has 4 saturated carbocycles. The number of nitrogens with one attached hydrogen (secondary N) is 2. The minimum atomic E-state index is -0.0359. The van der Waals surface area contributed by atoms with Gasteiger partial charge in [0.25, 0.3) is 0 Å². The molecule has 0 aromatic heterocycles. The Morgan fingerprint density at radius 3 is 2.22 bits per heavy atom. The molecule has 5 heteroatoms. The molecule has 1 aromatic rings. The average Bonchev–Trinajstić information content (AvgIpc) is 2.65. The molecule has 4 aliphatic carbocycles. The number of carbonyl (C=O) groups excluding carboxylic acids is 1. The van der Waals surface area contributed by atoms with Crippen molar-refractivity contribution in [2.45, 2.75) is 44.9 Å². The van der Waals surface area contributed by atoms with E-state index in [1.807, 2.05) is 18.2 Å². The maximum Gasteiger partial charge on any atom is 0.314 e. The number of carbonyl (C=O) groups is 1. The van der Waals surface area contributed by atoms with Crippen LogP contribution in [0.3, 0.4) is 0 Å². The number of rotatable bonds is 7. The maximum atomic E-state index is 12.3. The second-order valence-corrected chi connectivity index (χ2v) is 8.97. The van der Waals surface area contributed by atoms with Gasteiger partial charge in [0.05, 0.1) is 14.2 Å². The molecular formula is C22H32N2O3. The molecule has 27 heavy (non-hydrogen) atoms. The zero-order valence-corrected chi connectivity index (χ0v) is 16.6. The monoisotopic (exact) mass is 372 g/mol. The van der Waals surface area contributed by atoms with Gasteiger partial charge in [0.1, 0.15) is 0 Å². The van der Waals surface area contributed by atoms with Gasteiger partial charge >= 0.3 is 6.03 Å². The zero-order chi connectivity index (χ0) is 18.9. The molecule has 2 N–H and O–H groups in total. The van der Waals surface area contributed by atoms with Crippen LogP contribution in [0.4, 0.5) is 4.79 Å². The lowest BCUT2D eigenvalue weighted by Gasteiger charge is -2.56. The van der Waals surface area contributed by atoms with Crippen LogP contribution in [0, 0.1) is 23.2 Å². The molecule has 5 rings (SSSR count). The smallest absolute Gasteiger partial charge is 0.314 e. The number of amides is 2.